The summed E-state index contributed by atoms with van der Waals surface area (Å²) in [6, 6.07) is 11.8. The standard InChI is InChI=1S/C20H20FN5O/c1-15-12-19(26(23-15)17-5-2-4-16(21)13-17)20(27)25-10-8-24(9-11-25)18-6-3-7-22-14-18/h2-7,12-14H,8-11H2,1H3. The third kappa shape index (κ3) is 3.53. The van der Waals surface area contributed by atoms with Crippen molar-refractivity contribution in [3.05, 3.63) is 72.1 Å². The number of nitrogens with zero attached hydrogens (tertiary/aromatic N) is 5. The number of hydrogen-bond donors (Lipinski definition) is 0. The number of amides is 1. The fraction of sp³-hybridized carbons (Fsp3) is 0.250. The molecular weight excluding hydrogens is 345 g/mol. The predicted octanol–water partition coefficient (Wildman–Crippen LogP) is 2.68. The summed E-state index contributed by atoms with van der Waals surface area (Å²) in [5, 5.41) is 4.38. The second kappa shape index (κ2) is 7.19. The topological polar surface area (TPSA) is 54.3 Å². The largest absolute Gasteiger partial charge is 0.367 e. The molecule has 0 N–H and O–H groups in total. The average molecular weight is 365 g/mol. The number of benzene rings is 1. The van der Waals surface area contributed by atoms with Crippen molar-refractivity contribution in [2.75, 3.05) is 31.1 Å². The summed E-state index contributed by atoms with van der Waals surface area (Å²) < 4.78 is 15.1. The number of pyridine rings is 1. The molecule has 0 spiro atoms. The molecule has 1 amide bonds. The fourth-order valence-electron chi connectivity index (χ4n) is 3.33. The number of halogens is 1. The van der Waals surface area contributed by atoms with Gasteiger partial charge in [0.05, 0.1) is 23.3 Å². The number of carbonyl (C=O) groups is 1. The molecule has 0 unspecified atom stereocenters. The van der Waals surface area contributed by atoms with E-state index in [9.17, 15) is 9.18 Å². The number of aryl methyl sites for hydroxylation is 1. The summed E-state index contributed by atoms with van der Waals surface area (Å²) in [4.78, 5) is 21.3. The molecule has 0 aliphatic carbocycles. The Balaban J connectivity index is 1.53. The number of carbonyl (C=O) groups excluding carboxylic acids is 1. The second-order valence-electron chi connectivity index (χ2n) is 6.55. The van der Waals surface area contributed by atoms with Gasteiger partial charge in [0.1, 0.15) is 11.5 Å². The van der Waals surface area contributed by atoms with Gasteiger partial charge < -0.3 is 9.80 Å². The maximum Gasteiger partial charge on any atom is 0.272 e. The molecule has 2 aromatic heterocycles. The summed E-state index contributed by atoms with van der Waals surface area (Å²) >= 11 is 0. The number of rotatable bonds is 3. The Hall–Kier alpha value is -3.22. The summed E-state index contributed by atoms with van der Waals surface area (Å²) in [7, 11) is 0. The first-order valence-corrected chi connectivity index (χ1v) is 8.89. The lowest BCUT2D eigenvalue weighted by atomic mass is 10.2. The van der Waals surface area contributed by atoms with E-state index in [-0.39, 0.29) is 11.7 Å². The Morgan fingerprint density at radius 1 is 1.04 bits per heavy atom. The highest BCUT2D eigenvalue weighted by molar-refractivity contribution is 5.93. The molecule has 4 rings (SSSR count). The van der Waals surface area contributed by atoms with E-state index in [1.165, 1.54) is 16.8 Å². The number of aromatic nitrogens is 3. The van der Waals surface area contributed by atoms with Crippen molar-refractivity contribution in [3.8, 4) is 5.69 Å². The minimum Gasteiger partial charge on any atom is -0.367 e. The van der Waals surface area contributed by atoms with Crippen molar-refractivity contribution >= 4 is 11.6 Å². The van der Waals surface area contributed by atoms with Crippen LogP contribution in [-0.2, 0) is 0 Å². The van der Waals surface area contributed by atoms with E-state index in [4.69, 9.17) is 0 Å². The van der Waals surface area contributed by atoms with Crippen molar-refractivity contribution in [3.63, 3.8) is 0 Å². The van der Waals surface area contributed by atoms with Crippen LogP contribution in [0.3, 0.4) is 0 Å². The lowest BCUT2D eigenvalue weighted by Gasteiger charge is -2.35. The van der Waals surface area contributed by atoms with Gasteiger partial charge in [0, 0.05) is 32.4 Å². The molecule has 6 nitrogen and oxygen atoms in total. The van der Waals surface area contributed by atoms with Gasteiger partial charge in [0.2, 0.25) is 0 Å². The van der Waals surface area contributed by atoms with Gasteiger partial charge in [-0.3, -0.25) is 9.78 Å². The van der Waals surface area contributed by atoms with E-state index in [2.05, 4.69) is 15.0 Å². The van der Waals surface area contributed by atoms with Crippen molar-refractivity contribution < 1.29 is 9.18 Å². The Labute approximate surface area is 156 Å². The molecular formula is C20H20FN5O. The first-order chi connectivity index (χ1) is 13.1. The molecule has 1 saturated heterocycles. The summed E-state index contributed by atoms with van der Waals surface area (Å²) in [6.45, 7) is 4.53. The summed E-state index contributed by atoms with van der Waals surface area (Å²) in [6.07, 6.45) is 3.58. The number of hydrogen-bond acceptors (Lipinski definition) is 4. The minimum absolute atomic E-state index is 0.0919. The molecule has 1 fully saturated rings. The first kappa shape index (κ1) is 17.2. The van der Waals surface area contributed by atoms with Crippen molar-refractivity contribution in [1.82, 2.24) is 19.7 Å². The van der Waals surface area contributed by atoms with Crippen LogP contribution in [0.15, 0.2) is 54.9 Å². The van der Waals surface area contributed by atoms with Crippen molar-refractivity contribution in [2.45, 2.75) is 6.92 Å². The van der Waals surface area contributed by atoms with E-state index in [1.54, 1.807) is 24.4 Å². The Morgan fingerprint density at radius 2 is 1.81 bits per heavy atom. The minimum atomic E-state index is -0.357. The Morgan fingerprint density at radius 3 is 2.52 bits per heavy atom. The van der Waals surface area contributed by atoms with Gasteiger partial charge in [-0.25, -0.2) is 9.07 Å². The predicted molar refractivity (Wildman–Crippen MR) is 101 cm³/mol. The third-order valence-corrected chi connectivity index (χ3v) is 4.68. The van der Waals surface area contributed by atoms with Gasteiger partial charge >= 0.3 is 0 Å². The molecule has 0 atom stereocenters. The fourth-order valence-corrected chi connectivity index (χ4v) is 3.33. The van der Waals surface area contributed by atoms with Gasteiger partial charge in [-0.15, -0.1) is 0 Å². The molecule has 0 radical (unpaired) electrons. The molecule has 0 saturated carbocycles. The zero-order valence-electron chi connectivity index (χ0n) is 15.0. The van der Waals surface area contributed by atoms with Gasteiger partial charge in [-0.2, -0.15) is 5.10 Å². The summed E-state index contributed by atoms with van der Waals surface area (Å²) in [5.41, 5.74) is 2.77. The van der Waals surface area contributed by atoms with Crippen LogP contribution in [0.5, 0.6) is 0 Å². The van der Waals surface area contributed by atoms with Crippen molar-refractivity contribution in [2.24, 2.45) is 0 Å². The van der Waals surface area contributed by atoms with Gasteiger partial charge in [0.25, 0.3) is 5.91 Å². The molecule has 3 heterocycles. The molecule has 7 heteroatoms. The second-order valence-corrected chi connectivity index (χ2v) is 6.55. The third-order valence-electron chi connectivity index (χ3n) is 4.68. The van der Waals surface area contributed by atoms with Gasteiger partial charge in [-0.1, -0.05) is 6.07 Å². The zero-order valence-corrected chi connectivity index (χ0v) is 15.0. The number of anilines is 1. The van der Waals surface area contributed by atoms with Crippen LogP contribution in [0.25, 0.3) is 5.69 Å². The highest BCUT2D eigenvalue weighted by atomic mass is 19.1. The van der Waals surface area contributed by atoms with E-state index >= 15 is 0 Å². The molecule has 1 aromatic carbocycles. The molecule has 0 bridgehead atoms. The van der Waals surface area contributed by atoms with Gasteiger partial charge in [0.15, 0.2) is 0 Å². The van der Waals surface area contributed by atoms with E-state index in [1.807, 2.05) is 30.2 Å². The van der Waals surface area contributed by atoms with E-state index in [0.717, 1.165) is 24.5 Å². The van der Waals surface area contributed by atoms with Crippen molar-refractivity contribution in [1.29, 1.82) is 0 Å². The van der Waals surface area contributed by atoms with Crippen LogP contribution in [0, 0.1) is 12.7 Å². The summed E-state index contributed by atoms with van der Waals surface area (Å²) in [5.74, 6) is -0.449. The molecule has 138 valence electrons. The molecule has 1 aliphatic rings. The molecule has 1 aliphatic heterocycles. The van der Waals surface area contributed by atoms with Crippen LogP contribution in [0.1, 0.15) is 16.2 Å². The Kier molecular flexibility index (Phi) is 4.58. The van der Waals surface area contributed by atoms with Crippen LogP contribution in [-0.4, -0.2) is 51.8 Å². The first-order valence-electron chi connectivity index (χ1n) is 8.89. The van der Waals surface area contributed by atoms with E-state index < -0.39 is 0 Å². The lowest BCUT2D eigenvalue weighted by Crippen LogP contribution is -2.49. The van der Waals surface area contributed by atoms with Gasteiger partial charge in [-0.05, 0) is 43.3 Å². The molecule has 27 heavy (non-hydrogen) atoms. The van der Waals surface area contributed by atoms with Crippen LogP contribution < -0.4 is 4.90 Å². The normalized spacial score (nSPS) is 14.4. The zero-order chi connectivity index (χ0) is 18.8. The molecule has 3 aromatic rings. The number of piperazine rings is 1. The average Bonchev–Trinajstić information content (AvgIpc) is 3.10. The Bertz CT molecular complexity index is 948. The van der Waals surface area contributed by atoms with Crippen LogP contribution in [0.4, 0.5) is 10.1 Å². The van der Waals surface area contributed by atoms with Crippen LogP contribution >= 0.6 is 0 Å². The highest BCUT2D eigenvalue weighted by Crippen LogP contribution is 2.19. The maximum atomic E-state index is 13.6. The lowest BCUT2D eigenvalue weighted by molar-refractivity contribution is 0.0737. The monoisotopic (exact) mass is 365 g/mol. The maximum absolute atomic E-state index is 13.6. The quantitative estimate of drug-likeness (QED) is 0.716. The smallest absolute Gasteiger partial charge is 0.272 e. The van der Waals surface area contributed by atoms with E-state index in [0.29, 0.717) is 24.5 Å². The highest BCUT2D eigenvalue weighted by Gasteiger charge is 2.25. The SMILES string of the molecule is Cc1cc(C(=O)N2CCN(c3cccnc3)CC2)n(-c2cccc(F)c2)n1. The van der Waals surface area contributed by atoms with Crippen LogP contribution in [0.2, 0.25) is 0 Å².